The van der Waals surface area contributed by atoms with Crippen LogP contribution in [-0.2, 0) is 4.79 Å². The van der Waals surface area contributed by atoms with Crippen molar-refractivity contribution >= 4 is 29.2 Å². The zero-order valence-electron chi connectivity index (χ0n) is 7.63. The van der Waals surface area contributed by atoms with E-state index in [1.807, 2.05) is 6.07 Å². The van der Waals surface area contributed by atoms with Gasteiger partial charge in [0, 0.05) is 16.5 Å². The number of aliphatic carboxylic acids is 1. The van der Waals surface area contributed by atoms with Gasteiger partial charge in [-0.25, -0.2) is 0 Å². The standard InChI is InChI=1S/C6H4Cl2.C3H6O2.H2O/c7-5-2-1-3-6(8)4-5;1-2-3(4)5;/h1-4H;2H2,1H3,(H,4,5);1H2. The summed E-state index contributed by atoms with van der Waals surface area (Å²) in [4.78, 5) is 9.37. The Hall–Kier alpha value is -0.770. The zero-order valence-corrected chi connectivity index (χ0v) is 9.14. The van der Waals surface area contributed by atoms with Gasteiger partial charge in [-0.3, -0.25) is 4.79 Å². The second-order valence-corrected chi connectivity index (χ2v) is 3.06. The Kier molecular flexibility index (Phi) is 9.88. The highest BCUT2D eigenvalue weighted by Gasteiger charge is 1.85. The van der Waals surface area contributed by atoms with Gasteiger partial charge in [0.15, 0.2) is 0 Å². The van der Waals surface area contributed by atoms with Crippen molar-refractivity contribution in [1.29, 1.82) is 0 Å². The second kappa shape index (κ2) is 8.81. The molecule has 0 saturated carbocycles. The van der Waals surface area contributed by atoms with Gasteiger partial charge >= 0.3 is 5.97 Å². The van der Waals surface area contributed by atoms with Gasteiger partial charge in [-0.2, -0.15) is 0 Å². The molecule has 0 heterocycles. The summed E-state index contributed by atoms with van der Waals surface area (Å²) < 4.78 is 0. The van der Waals surface area contributed by atoms with Gasteiger partial charge in [-0.05, 0) is 18.2 Å². The molecule has 14 heavy (non-hydrogen) atoms. The largest absolute Gasteiger partial charge is 0.481 e. The van der Waals surface area contributed by atoms with Gasteiger partial charge in [-0.1, -0.05) is 36.2 Å². The SMILES string of the molecule is CCC(=O)O.Clc1cccc(Cl)c1.O. The van der Waals surface area contributed by atoms with E-state index in [2.05, 4.69) is 0 Å². The summed E-state index contributed by atoms with van der Waals surface area (Å²) in [6, 6.07) is 7.08. The third kappa shape index (κ3) is 9.32. The van der Waals surface area contributed by atoms with Crippen LogP contribution in [0.5, 0.6) is 0 Å². The molecular formula is C9H12Cl2O3. The molecule has 3 N–H and O–H groups in total. The van der Waals surface area contributed by atoms with Crippen LogP contribution >= 0.6 is 23.2 Å². The molecule has 0 aliphatic heterocycles. The summed E-state index contributed by atoms with van der Waals surface area (Å²) in [5.41, 5.74) is 0. The third-order valence-electron chi connectivity index (χ3n) is 1.09. The fourth-order valence-corrected chi connectivity index (χ4v) is 0.896. The Morgan fingerprint density at radius 3 is 1.86 bits per heavy atom. The van der Waals surface area contributed by atoms with Crippen LogP contribution in [-0.4, -0.2) is 16.6 Å². The summed E-state index contributed by atoms with van der Waals surface area (Å²) in [5, 5.41) is 9.08. The summed E-state index contributed by atoms with van der Waals surface area (Å²) in [7, 11) is 0. The van der Waals surface area contributed by atoms with E-state index in [4.69, 9.17) is 28.3 Å². The second-order valence-electron chi connectivity index (χ2n) is 2.19. The van der Waals surface area contributed by atoms with Crippen molar-refractivity contribution < 1.29 is 15.4 Å². The lowest BCUT2D eigenvalue weighted by atomic mass is 10.4. The molecule has 5 heteroatoms. The molecule has 1 aromatic rings. The van der Waals surface area contributed by atoms with Crippen LogP contribution in [0.2, 0.25) is 10.0 Å². The highest BCUT2D eigenvalue weighted by atomic mass is 35.5. The first kappa shape index (κ1) is 15.7. The number of carbonyl (C=O) groups is 1. The molecule has 0 atom stereocenters. The first-order valence-electron chi connectivity index (χ1n) is 3.69. The van der Waals surface area contributed by atoms with Crippen LogP contribution < -0.4 is 0 Å². The van der Waals surface area contributed by atoms with Crippen LogP contribution in [0, 0.1) is 0 Å². The molecule has 0 fully saturated rings. The fourth-order valence-electron chi connectivity index (χ4n) is 0.460. The number of hydrogen-bond acceptors (Lipinski definition) is 1. The average molecular weight is 239 g/mol. The predicted molar refractivity (Wildman–Crippen MR) is 58.0 cm³/mol. The lowest BCUT2D eigenvalue weighted by Gasteiger charge is -1.86. The highest BCUT2D eigenvalue weighted by Crippen LogP contribution is 2.13. The number of benzene rings is 1. The van der Waals surface area contributed by atoms with Crippen molar-refractivity contribution in [2.75, 3.05) is 0 Å². The lowest BCUT2D eigenvalue weighted by Crippen LogP contribution is -1.86. The van der Waals surface area contributed by atoms with Crippen molar-refractivity contribution in [2.45, 2.75) is 13.3 Å². The van der Waals surface area contributed by atoms with E-state index in [0.29, 0.717) is 10.0 Å². The van der Waals surface area contributed by atoms with Gasteiger partial charge in [-0.15, -0.1) is 0 Å². The van der Waals surface area contributed by atoms with Gasteiger partial charge < -0.3 is 10.6 Å². The van der Waals surface area contributed by atoms with Gasteiger partial charge in [0.1, 0.15) is 0 Å². The molecule has 80 valence electrons. The quantitative estimate of drug-likeness (QED) is 0.818. The fraction of sp³-hybridized carbons (Fsp3) is 0.222. The number of rotatable bonds is 1. The zero-order chi connectivity index (χ0) is 10.3. The summed E-state index contributed by atoms with van der Waals surface area (Å²) in [5.74, 6) is -0.745. The highest BCUT2D eigenvalue weighted by molar-refractivity contribution is 6.34. The molecule has 3 nitrogen and oxygen atoms in total. The third-order valence-corrected chi connectivity index (χ3v) is 1.56. The first-order valence-corrected chi connectivity index (χ1v) is 4.44. The minimum atomic E-state index is -0.745. The number of carboxylic acids is 1. The van der Waals surface area contributed by atoms with E-state index in [0.717, 1.165) is 0 Å². The minimum Gasteiger partial charge on any atom is -0.481 e. The Morgan fingerprint density at radius 1 is 1.36 bits per heavy atom. The smallest absolute Gasteiger partial charge is 0.303 e. The molecular weight excluding hydrogens is 227 g/mol. The van der Waals surface area contributed by atoms with E-state index in [-0.39, 0.29) is 11.9 Å². The van der Waals surface area contributed by atoms with Crippen LogP contribution in [0.3, 0.4) is 0 Å². The van der Waals surface area contributed by atoms with E-state index in [9.17, 15) is 4.79 Å². The Balaban J connectivity index is 0. The van der Waals surface area contributed by atoms with E-state index < -0.39 is 5.97 Å². The Bertz CT molecular complexity index is 259. The molecule has 0 aromatic heterocycles. The maximum Gasteiger partial charge on any atom is 0.303 e. The monoisotopic (exact) mass is 238 g/mol. The van der Waals surface area contributed by atoms with Crippen LogP contribution in [0.25, 0.3) is 0 Å². The normalized spacial score (nSPS) is 7.93. The maximum atomic E-state index is 9.37. The molecule has 0 radical (unpaired) electrons. The van der Waals surface area contributed by atoms with Crippen molar-refractivity contribution in [2.24, 2.45) is 0 Å². The van der Waals surface area contributed by atoms with E-state index in [1.54, 1.807) is 25.1 Å². The number of halogens is 2. The topological polar surface area (TPSA) is 68.8 Å². The molecule has 0 saturated heterocycles. The molecule has 1 aromatic carbocycles. The Labute approximate surface area is 92.6 Å². The molecule has 0 spiro atoms. The van der Waals surface area contributed by atoms with Gasteiger partial charge in [0.25, 0.3) is 0 Å². The lowest BCUT2D eigenvalue weighted by molar-refractivity contribution is -0.136. The van der Waals surface area contributed by atoms with Crippen molar-refractivity contribution in [1.82, 2.24) is 0 Å². The molecule has 0 unspecified atom stereocenters. The number of carboxylic acid groups (broad SMARTS) is 1. The summed E-state index contributed by atoms with van der Waals surface area (Å²) in [6.07, 6.45) is 0.222. The average Bonchev–Trinajstić information content (AvgIpc) is 2.05. The minimum absolute atomic E-state index is 0. The van der Waals surface area contributed by atoms with Crippen molar-refractivity contribution in [3.05, 3.63) is 34.3 Å². The van der Waals surface area contributed by atoms with E-state index >= 15 is 0 Å². The maximum absolute atomic E-state index is 9.37. The Morgan fingerprint density at radius 2 is 1.71 bits per heavy atom. The first-order chi connectivity index (χ1) is 6.06. The van der Waals surface area contributed by atoms with E-state index in [1.165, 1.54) is 0 Å². The van der Waals surface area contributed by atoms with Crippen LogP contribution in [0.1, 0.15) is 13.3 Å². The summed E-state index contributed by atoms with van der Waals surface area (Å²) >= 11 is 11.1. The number of hydrogen-bond donors (Lipinski definition) is 1. The predicted octanol–water partition coefficient (Wildman–Crippen LogP) is 2.65. The molecule has 0 bridgehead atoms. The van der Waals surface area contributed by atoms with Gasteiger partial charge in [0.05, 0.1) is 0 Å². The summed E-state index contributed by atoms with van der Waals surface area (Å²) in [6.45, 7) is 1.60. The van der Waals surface area contributed by atoms with Crippen LogP contribution in [0.15, 0.2) is 24.3 Å². The molecule has 0 aliphatic rings. The van der Waals surface area contributed by atoms with Crippen LogP contribution in [0.4, 0.5) is 0 Å². The molecule has 0 amide bonds. The van der Waals surface area contributed by atoms with Gasteiger partial charge in [0.2, 0.25) is 0 Å². The van der Waals surface area contributed by atoms with Crippen molar-refractivity contribution in [3.63, 3.8) is 0 Å². The van der Waals surface area contributed by atoms with Crippen molar-refractivity contribution in [3.8, 4) is 0 Å². The molecule has 0 aliphatic carbocycles. The molecule has 1 rings (SSSR count).